The Kier molecular flexibility index (Phi) is 5.37. The molecule has 3 aromatic rings. The molecule has 2 aromatic heterocycles. The molecule has 8 nitrogen and oxygen atoms in total. The van der Waals surface area contributed by atoms with E-state index < -0.39 is 11.7 Å². The lowest BCUT2D eigenvalue weighted by atomic mass is 10.2. The topological polar surface area (TPSA) is 96.7 Å². The molecule has 0 spiro atoms. The number of hydrogen-bond acceptors (Lipinski definition) is 6. The van der Waals surface area contributed by atoms with Crippen molar-refractivity contribution >= 4 is 56.7 Å². The lowest BCUT2D eigenvalue weighted by Crippen LogP contribution is -2.56. The van der Waals surface area contributed by atoms with Crippen LogP contribution in [-0.2, 0) is 9.63 Å². The Labute approximate surface area is 178 Å². The summed E-state index contributed by atoms with van der Waals surface area (Å²) in [7, 11) is 0. The Hall–Kier alpha value is -2.73. The second-order valence-electron chi connectivity index (χ2n) is 6.52. The van der Waals surface area contributed by atoms with E-state index in [9.17, 15) is 14.0 Å². The van der Waals surface area contributed by atoms with Gasteiger partial charge in [-0.1, -0.05) is 0 Å². The first-order valence-electron chi connectivity index (χ1n) is 8.72. The number of hydrogen-bond donors (Lipinski definition) is 2. The summed E-state index contributed by atoms with van der Waals surface area (Å²) in [6, 6.07) is 6.31. The van der Waals surface area contributed by atoms with Gasteiger partial charge >= 0.3 is 5.91 Å². The molecule has 1 saturated heterocycles. The van der Waals surface area contributed by atoms with Gasteiger partial charge in [-0.3, -0.25) is 19.4 Å². The molecule has 0 saturated carbocycles. The second-order valence-corrected chi connectivity index (χ2v) is 7.77. The van der Waals surface area contributed by atoms with Crippen LogP contribution in [0.15, 0.2) is 41.1 Å². The van der Waals surface area contributed by atoms with Gasteiger partial charge in [0, 0.05) is 22.9 Å². The normalized spacial score (nSPS) is 14.0. The van der Waals surface area contributed by atoms with Crippen molar-refractivity contribution in [3.63, 3.8) is 0 Å². The van der Waals surface area contributed by atoms with E-state index in [1.165, 1.54) is 25.4 Å². The molecule has 0 bridgehead atoms. The highest BCUT2D eigenvalue weighted by Gasteiger charge is 2.31. The van der Waals surface area contributed by atoms with Crippen LogP contribution >= 0.6 is 22.6 Å². The average molecular weight is 510 g/mol. The van der Waals surface area contributed by atoms with E-state index in [2.05, 4.69) is 15.8 Å². The Morgan fingerprint density at radius 3 is 2.86 bits per heavy atom. The highest BCUT2D eigenvalue weighted by molar-refractivity contribution is 14.1. The van der Waals surface area contributed by atoms with E-state index in [-0.39, 0.29) is 29.1 Å². The Morgan fingerprint density at radius 2 is 2.14 bits per heavy atom. The van der Waals surface area contributed by atoms with Crippen LogP contribution in [0, 0.1) is 9.39 Å². The van der Waals surface area contributed by atoms with E-state index in [1.54, 1.807) is 23.1 Å². The molecule has 1 aliphatic rings. The minimum Gasteiger partial charge on any atom is -0.448 e. The number of fused-ring (bicyclic) bond motifs is 1. The number of halogens is 2. The van der Waals surface area contributed by atoms with Gasteiger partial charge in [0.15, 0.2) is 0 Å². The highest BCUT2D eigenvalue weighted by Crippen LogP contribution is 2.33. The lowest BCUT2D eigenvalue weighted by Gasteiger charge is -2.37. The van der Waals surface area contributed by atoms with Crippen LogP contribution in [0.4, 0.5) is 15.8 Å². The van der Waals surface area contributed by atoms with Crippen molar-refractivity contribution in [2.45, 2.75) is 13.0 Å². The SMILES string of the molecule is CC(=O)N1CC(ONC(=O)c2oc3ccncc3c2Nc2ccc(I)cc2F)C1. The third kappa shape index (κ3) is 4.03. The fourth-order valence-electron chi connectivity index (χ4n) is 2.90. The summed E-state index contributed by atoms with van der Waals surface area (Å²) in [5.74, 6) is -1.20. The Balaban J connectivity index is 1.56. The number of hydroxylamine groups is 1. The summed E-state index contributed by atoms with van der Waals surface area (Å²) in [5.41, 5.74) is 3.25. The van der Waals surface area contributed by atoms with Crippen LogP contribution in [-0.4, -0.2) is 40.9 Å². The number of likely N-dealkylation sites (tertiary alicyclic amines) is 1. The molecule has 0 atom stereocenters. The number of anilines is 2. The maximum absolute atomic E-state index is 14.3. The maximum atomic E-state index is 14.3. The van der Waals surface area contributed by atoms with Gasteiger partial charge in [0.1, 0.15) is 23.2 Å². The molecule has 1 fully saturated rings. The summed E-state index contributed by atoms with van der Waals surface area (Å²) in [6.45, 7) is 2.27. The number of amides is 2. The maximum Gasteiger partial charge on any atom is 0.312 e. The Bertz CT molecular complexity index is 1100. The van der Waals surface area contributed by atoms with Crippen LogP contribution in [0.25, 0.3) is 11.0 Å². The van der Waals surface area contributed by atoms with Crippen LogP contribution in [0.1, 0.15) is 17.5 Å². The molecule has 0 unspecified atom stereocenters. The third-order valence-corrected chi connectivity index (χ3v) is 5.17. The molecule has 4 rings (SSSR count). The average Bonchev–Trinajstić information content (AvgIpc) is 3.01. The van der Waals surface area contributed by atoms with Crippen LogP contribution in [0.3, 0.4) is 0 Å². The zero-order valence-corrected chi connectivity index (χ0v) is 17.4. The fourth-order valence-corrected chi connectivity index (χ4v) is 3.36. The summed E-state index contributed by atoms with van der Waals surface area (Å²) >= 11 is 2.01. The summed E-state index contributed by atoms with van der Waals surface area (Å²) in [6.07, 6.45) is 2.77. The number of furan rings is 1. The number of rotatable bonds is 5. The molecular weight excluding hydrogens is 494 g/mol. The van der Waals surface area contributed by atoms with Crippen molar-refractivity contribution in [1.82, 2.24) is 15.4 Å². The van der Waals surface area contributed by atoms with Crippen molar-refractivity contribution < 1.29 is 23.2 Å². The molecule has 3 heterocycles. The summed E-state index contributed by atoms with van der Waals surface area (Å²) < 4.78 is 20.7. The van der Waals surface area contributed by atoms with Crippen molar-refractivity contribution in [1.29, 1.82) is 0 Å². The number of aromatic nitrogens is 1. The highest BCUT2D eigenvalue weighted by atomic mass is 127. The molecule has 10 heteroatoms. The van der Waals surface area contributed by atoms with Gasteiger partial charge in [-0.15, -0.1) is 0 Å². The molecule has 2 N–H and O–H groups in total. The van der Waals surface area contributed by atoms with Crippen molar-refractivity contribution in [3.05, 3.63) is 51.8 Å². The number of carbonyl (C=O) groups excluding carboxylic acids is 2. The predicted molar refractivity (Wildman–Crippen MR) is 111 cm³/mol. The largest absolute Gasteiger partial charge is 0.448 e. The van der Waals surface area contributed by atoms with Gasteiger partial charge in [0.25, 0.3) is 0 Å². The second kappa shape index (κ2) is 7.95. The number of nitrogens with one attached hydrogen (secondary N) is 2. The van der Waals surface area contributed by atoms with Crippen LogP contribution < -0.4 is 10.8 Å². The zero-order valence-electron chi connectivity index (χ0n) is 15.2. The van der Waals surface area contributed by atoms with Crippen LogP contribution in [0.2, 0.25) is 0 Å². The van der Waals surface area contributed by atoms with Crippen molar-refractivity contribution in [3.8, 4) is 0 Å². The van der Waals surface area contributed by atoms with Crippen molar-refractivity contribution in [2.75, 3.05) is 18.4 Å². The standard InChI is InChI=1S/C19H16FIN4O4/c1-10(26)25-8-12(9-25)29-24-19(27)18-17(13-7-22-5-4-16(13)28-18)23-15-3-2-11(21)6-14(15)20/h2-7,12,23H,8-9H2,1H3,(H,24,27). The molecule has 1 aliphatic heterocycles. The van der Waals surface area contributed by atoms with Gasteiger partial charge in [-0.25, -0.2) is 9.87 Å². The van der Waals surface area contributed by atoms with Crippen molar-refractivity contribution in [2.24, 2.45) is 0 Å². The number of benzene rings is 1. The first-order valence-corrected chi connectivity index (χ1v) is 9.80. The van der Waals surface area contributed by atoms with E-state index in [1.807, 2.05) is 22.6 Å². The zero-order chi connectivity index (χ0) is 20.5. The monoisotopic (exact) mass is 510 g/mol. The smallest absolute Gasteiger partial charge is 0.312 e. The summed E-state index contributed by atoms with van der Waals surface area (Å²) in [4.78, 5) is 34.9. The molecule has 1 aromatic carbocycles. The molecule has 2 amide bonds. The number of pyridine rings is 1. The Morgan fingerprint density at radius 1 is 1.34 bits per heavy atom. The molecule has 29 heavy (non-hydrogen) atoms. The molecule has 150 valence electrons. The fraction of sp³-hybridized carbons (Fsp3) is 0.211. The van der Waals surface area contributed by atoms with Gasteiger partial charge in [-0.2, -0.15) is 0 Å². The summed E-state index contributed by atoms with van der Waals surface area (Å²) in [5, 5.41) is 3.46. The minimum absolute atomic E-state index is 0.0491. The molecule has 0 radical (unpaired) electrons. The van der Waals surface area contributed by atoms with E-state index in [0.29, 0.717) is 24.1 Å². The number of nitrogens with zero attached hydrogens (tertiary/aromatic N) is 2. The lowest BCUT2D eigenvalue weighted by molar-refractivity contribution is -0.147. The van der Waals surface area contributed by atoms with Gasteiger partial charge < -0.3 is 14.6 Å². The van der Waals surface area contributed by atoms with Gasteiger partial charge in [0.05, 0.1) is 24.2 Å². The first-order chi connectivity index (χ1) is 13.9. The minimum atomic E-state index is -0.629. The quantitative estimate of drug-likeness (QED) is 0.405. The third-order valence-electron chi connectivity index (χ3n) is 4.50. The van der Waals surface area contributed by atoms with Crippen LogP contribution in [0.5, 0.6) is 0 Å². The van der Waals surface area contributed by atoms with Gasteiger partial charge in [-0.05, 0) is 46.9 Å². The van der Waals surface area contributed by atoms with E-state index in [4.69, 9.17) is 9.25 Å². The van der Waals surface area contributed by atoms with E-state index >= 15 is 0 Å². The number of carbonyl (C=O) groups is 2. The molecule has 0 aliphatic carbocycles. The predicted octanol–water partition coefficient (Wildman–Crippen LogP) is 3.21. The molecular formula is C19H16FIN4O4. The first kappa shape index (κ1) is 19.6. The van der Waals surface area contributed by atoms with E-state index in [0.717, 1.165) is 3.57 Å². The van der Waals surface area contributed by atoms with Gasteiger partial charge in [0.2, 0.25) is 11.7 Å².